The Balaban J connectivity index is 2.48. The molecule has 0 aliphatic carbocycles. The van der Waals surface area contributed by atoms with Crippen LogP contribution in [0.25, 0.3) is 0 Å². The van der Waals surface area contributed by atoms with Crippen molar-refractivity contribution in [3.63, 3.8) is 0 Å². The Bertz CT molecular complexity index is 679. The summed E-state index contributed by atoms with van der Waals surface area (Å²) in [5.74, 6) is 0. The predicted molar refractivity (Wildman–Crippen MR) is 77.6 cm³/mol. The fourth-order valence-corrected chi connectivity index (χ4v) is 3.56. The molecule has 0 bridgehead atoms. The fourth-order valence-electron chi connectivity index (χ4n) is 2.02. The number of sulfone groups is 1. The molecule has 2 aromatic carbocycles. The average molecular weight is 275 g/mol. The highest BCUT2D eigenvalue weighted by Crippen LogP contribution is 2.31. The van der Waals surface area contributed by atoms with Gasteiger partial charge in [-0.05, 0) is 37.1 Å². The molecule has 0 fully saturated rings. The lowest BCUT2D eigenvalue weighted by Gasteiger charge is -2.15. The lowest BCUT2D eigenvalue weighted by molar-refractivity contribution is 0.586. The predicted octanol–water partition coefficient (Wildman–Crippen LogP) is 3.11. The first-order valence-electron chi connectivity index (χ1n) is 6.08. The Morgan fingerprint density at radius 2 is 1.68 bits per heavy atom. The highest BCUT2D eigenvalue weighted by atomic mass is 32.2. The Kier molecular flexibility index (Phi) is 3.62. The Hall–Kier alpha value is -1.81. The maximum atomic E-state index is 12.6. The molecule has 0 saturated heterocycles. The zero-order valence-corrected chi connectivity index (χ0v) is 11.8. The molecule has 1 unspecified atom stereocenters. The van der Waals surface area contributed by atoms with E-state index in [2.05, 4.69) is 0 Å². The van der Waals surface area contributed by atoms with Gasteiger partial charge in [0, 0.05) is 0 Å². The monoisotopic (exact) mass is 275 g/mol. The molecule has 3 nitrogen and oxygen atoms in total. The molecule has 1 atom stereocenters. The summed E-state index contributed by atoms with van der Waals surface area (Å²) >= 11 is 0. The summed E-state index contributed by atoms with van der Waals surface area (Å²) in [7, 11) is -3.46. The second-order valence-corrected chi connectivity index (χ2v) is 6.88. The Labute approximate surface area is 114 Å². The van der Waals surface area contributed by atoms with E-state index >= 15 is 0 Å². The van der Waals surface area contributed by atoms with Crippen LogP contribution in [0.15, 0.2) is 53.4 Å². The van der Waals surface area contributed by atoms with Crippen LogP contribution < -0.4 is 5.73 Å². The van der Waals surface area contributed by atoms with Crippen molar-refractivity contribution in [2.45, 2.75) is 24.0 Å². The lowest BCUT2D eigenvalue weighted by atomic mass is 10.2. The van der Waals surface area contributed by atoms with Gasteiger partial charge in [-0.3, -0.25) is 0 Å². The molecule has 4 heteroatoms. The molecule has 2 aromatic rings. The first-order valence-corrected chi connectivity index (χ1v) is 7.62. The van der Waals surface area contributed by atoms with Crippen molar-refractivity contribution < 1.29 is 8.42 Å². The lowest BCUT2D eigenvalue weighted by Crippen LogP contribution is -2.12. The van der Waals surface area contributed by atoms with E-state index in [-0.39, 0.29) is 4.90 Å². The number of benzene rings is 2. The van der Waals surface area contributed by atoms with Crippen molar-refractivity contribution in [2.24, 2.45) is 0 Å². The highest BCUT2D eigenvalue weighted by Gasteiger charge is 2.26. The van der Waals surface area contributed by atoms with Gasteiger partial charge in [-0.2, -0.15) is 0 Å². The van der Waals surface area contributed by atoms with Crippen LogP contribution in [0.1, 0.15) is 23.3 Å². The summed E-state index contributed by atoms with van der Waals surface area (Å²) in [5, 5.41) is -0.612. The molecule has 0 radical (unpaired) electrons. The number of nitrogens with two attached hydrogens (primary N) is 1. The van der Waals surface area contributed by atoms with Crippen LogP contribution in [0, 0.1) is 6.92 Å². The number of nitrogen functional groups attached to an aromatic ring is 1. The molecule has 0 aromatic heterocycles. The van der Waals surface area contributed by atoms with Crippen LogP contribution in [0.2, 0.25) is 0 Å². The molecule has 0 saturated carbocycles. The minimum Gasteiger partial charge on any atom is -0.398 e. The zero-order chi connectivity index (χ0) is 14.0. The SMILES string of the molecule is Cc1ccc(S(=O)(=O)C(C)c2ccccc2)c(N)c1. The molecule has 0 aliphatic rings. The van der Waals surface area contributed by atoms with Crippen molar-refractivity contribution in [1.82, 2.24) is 0 Å². The molecule has 0 amide bonds. The van der Waals surface area contributed by atoms with Crippen molar-refractivity contribution >= 4 is 15.5 Å². The van der Waals surface area contributed by atoms with Gasteiger partial charge in [0.2, 0.25) is 0 Å². The van der Waals surface area contributed by atoms with Gasteiger partial charge >= 0.3 is 0 Å². The van der Waals surface area contributed by atoms with Crippen LogP contribution in [0.3, 0.4) is 0 Å². The van der Waals surface area contributed by atoms with Gasteiger partial charge in [-0.15, -0.1) is 0 Å². The van der Waals surface area contributed by atoms with Gasteiger partial charge in [-0.25, -0.2) is 8.42 Å². The van der Waals surface area contributed by atoms with E-state index in [1.165, 1.54) is 0 Å². The minimum atomic E-state index is -3.46. The molecule has 0 spiro atoms. The Morgan fingerprint density at radius 1 is 1.05 bits per heavy atom. The molecule has 0 heterocycles. The van der Waals surface area contributed by atoms with Gasteiger partial charge in [0.05, 0.1) is 15.8 Å². The van der Waals surface area contributed by atoms with E-state index in [0.29, 0.717) is 5.69 Å². The summed E-state index contributed by atoms with van der Waals surface area (Å²) in [6.07, 6.45) is 0. The van der Waals surface area contributed by atoms with Crippen LogP contribution in [0.4, 0.5) is 5.69 Å². The second kappa shape index (κ2) is 5.05. The molecule has 2 N–H and O–H groups in total. The standard InChI is InChI=1S/C15H17NO2S/c1-11-8-9-15(14(16)10-11)19(17,18)12(2)13-6-4-3-5-7-13/h3-10,12H,16H2,1-2H3. The van der Waals surface area contributed by atoms with Crippen LogP contribution in [0.5, 0.6) is 0 Å². The van der Waals surface area contributed by atoms with Crippen LogP contribution >= 0.6 is 0 Å². The van der Waals surface area contributed by atoms with Gasteiger partial charge in [0.1, 0.15) is 0 Å². The number of hydrogen-bond acceptors (Lipinski definition) is 3. The number of anilines is 1. The van der Waals surface area contributed by atoms with Crippen molar-refractivity contribution in [2.75, 3.05) is 5.73 Å². The molecule has 19 heavy (non-hydrogen) atoms. The fraction of sp³-hybridized carbons (Fsp3) is 0.200. The minimum absolute atomic E-state index is 0.203. The first-order chi connectivity index (χ1) is 8.93. The van der Waals surface area contributed by atoms with Crippen LogP contribution in [-0.2, 0) is 9.84 Å². The van der Waals surface area contributed by atoms with Gasteiger partial charge in [-0.1, -0.05) is 36.4 Å². The second-order valence-electron chi connectivity index (χ2n) is 4.64. The third-order valence-corrected chi connectivity index (χ3v) is 5.39. The van der Waals surface area contributed by atoms with Crippen LogP contribution in [-0.4, -0.2) is 8.42 Å². The normalized spacial score (nSPS) is 13.2. The van der Waals surface area contributed by atoms with Crippen molar-refractivity contribution in [1.29, 1.82) is 0 Å². The van der Waals surface area contributed by atoms with Gasteiger partial charge in [0.15, 0.2) is 9.84 Å². The molecular formula is C15H17NO2S. The van der Waals surface area contributed by atoms with E-state index in [1.54, 1.807) is 25.1 Å². The summed E-state index contributed by atoms with van der Waals surface area (Å²) in [5.41, 5.74) is 7.87. The average Bonchev–Trinajstić information content (AvgIpc) is 2.38. The molecular weight excluding hydrogens is 258 g/mol. The molecule has 100 valence electrons. The third-order valence-electron chi connectivity index (χ3n) is 3.21. The van der Waals surface area contributed by atoms with Crippen molar-refractivity contribution in [3.8, 4) is 0 Å². The van der Waals surface area contributed by atoms with E-state index in [1.807, 2.05) is 37.3 Å². The van der Waals surface area contributed by atoms with E-state index < -0.39 is 15.1 Å². The maximum absolute atomic E-state index is 12.6. The highest BCUT2D eigenvalue weighted by molar-refractivity contribution is 7.91. The van der Waals surface area contributed by atoms with E-state index in [0.717, 1.165) is 11.1 Å². The summed E-state index contributed by atoms with van der Waals surface area (Å²) in [6.45, 7) is 3.57. The smallest absolute Gasteiger partial charge is 0.187 e. The maximum Gasteiger partial charge on any atom is 0.187 e. The van der Waals surface area contributed by atoms with Crippen molar-refractivity contribution in [3.05, 3.63) is 59.7 Å². The molecule has 2 rings (SSSR count). The van der Waals surface area contributed by atoms with Gasteiger partial charge in [0.25, 0.3) is 0 Å². The summed E-state index contributed by atoms with van der Waals surface area (Å²) in [4.78, 5) is 0.203. The number of rotatable bonds is 3. The van der Waals surface area contributed by atoms with E-state index in [4.69, 9.17) is 5.73 Å². The summed E-state index contributed by atoms with van der Waals surface area (Å²) in [6, 6.07) is 14.2. The number of hydrogen-bond donors (Lipinski definition) is 1. The first kappa shape index (κ1) is 13.6. The largest absolute Gasteiger partial charge is 0.398 e. The zero-order valence-electron chi connectivity index (χ0n) is 11.0. The van der Waals surface area contributed by atoms with E-state index in [9.17, 15) is 8.42 Å². The quantitative estimate of drug-likeness (QED) is 0.875. The third kappa shape index (κ3) is 2.63. The topological polar surface area (TPSA) is 60.2 Å². The Morgan fingerprint density at radius 3 is 2.26 bits per heavy atom. The summed E-state index contributed by atoms with van der Waals surface area (Å²) < 4.78 is 25.2. The number of aryl methyl sites for hydroxylation is 1. The molecule has 0 aliphatic heterocycles. The van der Waals surface area contributed by atoms with Gasteiger partial charge < -0.3 is 5.73 Å².